The standard InChI is InChI=1S/C21H23N3O/c1-2-5-17(6-3-1)10-12-22-19-8-9-20(24-13-15-25-16-14-24)18-7-4-11-23-21(18)19/h1-9,11,22H,10,12-16H2. The van der Waals surface area contributed by atoms with E-state index in [1.165, 1.54) is 16.6 Å². The Morgan fingerprint density at radius 3 is 2.64 bits per heavy atom. The van der Waals surface area contributed by atoms with Crippen molar-refractivity contribution in [1.82, 2.24) is 4.98 Å². The maximum Gasteiger partial charge on any atom is 0.0953 e. The summed E-state index contributed by atoms with van der Waals surface area (Å²) >= 11 is 0. The van der Waals surface area contributed by atoms with Gasteiger partial charge in [0, 0.05) is 36.9 Å². The molecule has 3 aromatic rings. The van der Waals surface area contributed by atoms with Crippen LogP contribution in [0.5, 0.6) is 0 Å². The molecule has 2 heterocycles. The van der Waals surface area contributed by atoms with Gasteiger partial charge in [-0.2, -0.15) is 0 Å². The van der Waals surface area contributed by atoms with E-state index in [1.807, 2.05) is 12.3 Å². The number of nitrogens with zero attached hydrogens (tertiary/aromatic N) is 2. The number of morpholine rings is 1. The number of pyridine rings is 1. The van der Waals surface area contributed by atoms with Crippen LogP contribution in [0.2, 0.25) is 0 Å². The highest BCUT2D eigenvalue weighted by Gasteiger charge is 2.15. The molecule has 0 amide bonds. The number of hydrogen-bond donors (Lipinski definition) is 1. The molecule has 1 aliphatic heterocycles. The van der Waals surface area contributed by atoms with Crippen molar-refractivity contribution in [3.63, 3.8) is 0 Å². The third-order valence-corrected chi connectivity index (χ3v) is 4.67. The predicted octanol–water partition coefficient (Wildman–Crippen LogP) is 3.73. The Balaban J connectivity index is 1.55. The number of aromatic nitrogens is 1. The first-order valence-electron chi connectivity index (χ1n) is 8.90. The minimum atomic E-state index is 0.791. The quantitative estimate of drug-likeness (QED) is 0.772. The van der Waals surface area contributed by atoms with E-state index in [2.05, 4.69) is 63.7 Å². The van der Waals surface area contributed by atoms with Gasteiger partial charge >= 0.3 is 0 Å². The van der Waals surface area contributed by atoms with Crippen LogP contribution in [-0.4, -0.2) is 37.8 Å². The van der Waals surface area contributed by atoms with Gasteiger partial charge in [0.25, 0.3) is 0 Å². The van der Waals surface area contributed by atoms with E-state index in [0.29, 0.717) is 0 Å². The molecule has 25 heavy (non-hydrogen) atoms. The Morgan fingerprint density at radius 2 is 1.80 bits per heavy atom. The summed E-state index contributed by atoms with van der Waals surface area (Å²) in [7, 11) is 0. The molecule has 1 fully saturated rings. The lowest BCUT2D eigenvalue weighted by Gasteiger charge is -2.30. The van der Waals surface area contributed by atoms with Crippen LogP contribution in [0.25, 0.3) is 10.9 Å². The molecular weight excluding hydrogens is 310 g/mol. The Morgan fingerprint density at radius 1 is 0.960 bits per heavy atom. The van der Waals surface area contributed by atoms with Crippen LogP contribution >= 0.6 is 0 Å². The highest BCUT2D eigenvalue weighted by atomic mass is 16.5. The van der Waals surface area contributed by atoms with Crippen molar-refractivity contribution in [1.29, 1.82) is 0 Å². The van der Waals surface area contributed by atoms with E-state index in [1.54, 1.807) is 0 Å². The Labute approximate surface area is 148 Å². The van der Waals surface area contributed by atoms with Crippen LogP contribution in [0.4, 0.5) is 11.4 Å². The second kappa shape index (κ2) is 7.53. The molecule has 1 saturated heterocycles. The second-order valence-electron chi connectivity index (χ2n) is 6.29. The molecule has 0 radical (unpaired) electrons. The van der Waals surface area contributed by atoms with Gasteiger partial charge in [-0.1, -0.05) is 30.3 Å². The summed E-state index contributed by atoms with van der Waals surface area (Å²) in [5, 5.41) is 4.76. The van der Waals surface area contributed by atoms with Gasteiger partial charge in [-0.25, -0.2) is 0 Å². The fraction of sp³-hybridized carbons (Fsp3) is 0.286. The van der Waals surface area contributed by atoms with Gasteiger partial charge in [-0.05, 0) is 36.2 Å². The number of ether oxygens (including phenoxy) is 1. The fourth-order valence-electron chi connectivity index (χ4n) is 3.37. The van der Waals surface area contributed by atoms with Gasteiger partial charge in [-0.3, -0.25) is 4.98 Å². The van der Waals surface area contributed by atoms with E-state index < -0.39 is 0 Å². The van der Waals surface area contributed by atoms with Crippen molar-refractivity contribution in [2.24, 2.45) is 0 Å². The summed E-state index contributed by atoms with van der Waals surface area (Å²) in [6.07, 6.45) is 2.87. The molecule has 4 nitrogen and oxygen atoms in total. The molecule has 0 atom stereocenters. The summed E-state index contributed by atoms with van der Waals surface area (Å²) < 4.78 is 5.48. The van der Waals surface area contributed by atoms with Crippen LogP contribution < -0.4 is 10.2 Å². The summed E-state index contributed by atoms with van der Waals surface area (Å²) in [5.41, 5.74) is 4.74. The predicted molar refractivity (Wildman–Crippen MR) is 103 cm³/mol. The SMILES string of the molecule is c1ccc(CCNc2ccc(N3CCOCC3)c3cccnc23)cc1. The number of anilines is 2. The van der Waals surface area contributed by atoms with Crippen molar-refractivity contribution < 1.29 is 4.74 Å². The molecule has 4 rings (SSSR count). The van der Waals surface area contributed by atoms with Gasteiger partial charge in [0.05, 0.1) is 24.4 Å². The van der Waals surface area contributed by atoms with Crippen LogP contribution in [0, 0.1) is 0 Å². The number of benzene rings is 2. The zero-order chi connectivity index (χ0) is 16.9. The monoisotopic (exact) mass is 333 g/mol. The zero-order valence-corrected chi connectivity index (χ0v) is 14.3. The molecule has 1 aromatic heterocycles. The molecule has 0 saturated carbocycles. The van der Waals surface area contributed by atoms with Crippen molar-refractivity contribution in [3.8, 4) is 0 Å². The summed E-state index contributed by atoms with van der Waals surface area (Å²) in [5.74, 6) is 0. The van der Waals surface area contributed by atoms with Crippen molar-refractivity contribution in [3.05, 3.63) is 66.4 Å². The minimum Gasteiger partial charge on any atom is -0.383 e. The Hall–Kier alpha value is -2.59. The van der Waals surface area contributed by atoms with Crippen molar-refractivity contribution in [2.75, 3.05) is 43.1 Å². The molecule has 128 valence electrons. The van der Waals surface area contributed by atoms with Crippen LogP contribution in [-0.2, 0) is 11.2 Å². The minimum absolute atomic E-state index is 0.791. The maximum absolute atomic E-state index is 5.48. The molecule has 1 N–H and O–H groups in total. The first-order chi connectivity index (χ1) is 12.4. The fourth-order valence-corrected chi connectivity index (χ4v) is 3.37. The van der Waals surface area contributed by atoms with Gasteiger partial charge in [0.1, 0.15) is 0 Å². The number of nitrogens with one attached hydrogen (secondary N) is 1. The molecule has 0 aliphatic carbocycles. The lowest BCUT2D eigenvalue weighted by atomic mass is 10.1. The molecule has 0 spiro atoms. The topological polar surface area (TPSA) is 37.4 Å². The summed E-state index contributed by atoms with van der Waals surface area (Å²) in [4.78, 5) is 7.03. The Kier molecular flexibility index (Phi) is 4.79. The highest BCUT2D eigenvalue weighted by Crippen LogP contribution is 2.31. The van der Waals surface area contributed by atoms with Gasteiger partial charge in [-0.15, -0.1) is 0 Å². The average Bonchev–Trinajstić information content (AvgIpc) is 2.69. The first kappa shape index (κ1) is 15.9. The zero-order valence-electron chi connectivity index (χ0n) is 14.3. The second-order valence-corrected chi connectivity index (χ2v) is 6.29. The molecular formula is C21H23N3O. The smallest absolute Gasteiger partial charge is 0.0953 e. The highest BCUT2D eigenvalue weighted by molar-refractivity contribution is 5.99. The van der Waals surface area contributed by atoms with Crippen molar-refractivity contribution >= 4 is 22.3 Å². The Bertz CT molecular complexity index is 829. The normalized spacial score (nSPS) is 14.6. The summed E-state index contributed by atoms with van der Waals surface area (Å²) in [6, 6.07) is 19.1. The molecule has 1 aliphatic rings. The third-order valence-electron chi connectivity index (χ3n) is 4.67. The molecule has 4 heteroatoms. The van der Waals surface area contributed by atoms with Crippen LogP contribution in [0.3, 0.4) is 0 Å². The largest absolute Gasteiger partial charge is 0.383 e. The van der Waals surface area contributed by atoms with Gasteiger partial charge in [0.2, 0.25) is 0 Å². The van der Waals surface area contributed by atoms with E-state index in [9.17, 15) is 0 Å². The lowest BCUT2D eigenvalue weighted by molar-refractivity contribution is 0.123. The van der Waals surface area contributed by atoms with Gasteiger partial charge < -0.3 is 15.0 Å². The van der Waals surface area contributed by atoms with E-state index in [0.717, 1.165) is 50.5 Å². The molecule has 2 aromatic carbocycles. The molecule has 0 bridgehead atoms. The number of hydrogen-bond acceptors (Lipinski definition) is 4. The van der Waals surface area contributed by atoms with Crippen LogP contribution in [0.1, 0.15) is 5.56 Å². The third kappa shape index (κ3) is 3.59. The van der Waals surface area contributed by atoms with E-state index in [-0.39, 0.29) is 0 Å². The van der Waals surface area contributed by atoms with Gasteiger partial charge in [0.15, 0.2) is 0 Å². The average molecular weight is 333 g/mol. The molecule has 0 unspecified atom stereocenters. The summed E-state index contributed by atoms with van der Waals surface area (Å²) in [6.45, 7) is 4.35. The van der Waals surface area contributed by atoms with Crippen LogP contribution in [0.15, 0.2) is 60.8 Å². The first-order valence-corrected chi connectivity index (χ1v) is 8.90. The number of fused-ring (bicyclic) bond motifs is 1. The van der Waals surface area contributed by atoms with Crippen molar-refractivity contribution in [2.45, 2.75) is 6.42 Å². The number of rotatable bonds is 5. The lowest BCUT2D eigenvalue weighted by Crippen LogP contribution is -2.36. The maximum atomic E-state index is 5.48. The van der Waals surface area contributed by atoms with E-state index >= 15 is 0 Å². The van der Waals surface area contributed by atoms with E-state index in [4.69, 9.17) is 4.74 Å².